The molecule has 0 unspecified atom stereocenters. The van der Waals surface area contributed by atoms with E-state index in [9.17, 15) is 9.59 Å². The molecule has 0 spiro atoms. The second-order valence-corrected chi connectivity index (χ2v) is 4.94. The highest BCUT2D eigenvalue weighted by molar-refractivity contribution is 5.66. The Morgan fingerprint density at radius 3 is 1.25 bits per heavy atom. The fourth-order valence-corrected chi connectivity index (χ4v) is 2.05. The predicted molar refractivity (Wildman–Crippen MR) is 76.8 cm³/mol. The van der Waals surface area contributed by atoms with Crippen molar-refractivity contribution in [2.45, 2.75) is 25.9 Å². The molecule has 0 atom stereocenters. The predicted octanol–water partition coefficient (Wildman–Crippen LogP) is -5.11. The van der Waals surface area contributed by atoms with Gasteiger partial charge in [-0.05, 0) is 11.1 Å². The molecule has 0 aromatic carbocycles. The van der Waals surface area contributed by atoms with Gasteiger partial charge in [-0.15, -0.1) is 0 Å². The van der Waals surface area contributed by atoms with Crippen molar-refractivity contribution < 1.29 is 53.8 Å². The van der Waals surface area contributed by atoms with Crippen LogP contribution in [0.25, 0.3) is 11.1 Å². The van der Waals surface area contributed by atoms with Crippen LogP contribution in [0.5, 0.6) is 0 Å². The first kappa shape index (κ1) is 21.8. The number of rotatable bonds is 7. The second kappa shape index (κ2) is 10.6. The molecule has 2 N–H and O–H groups in total. The standard InChI is InChI=1S/C16H16N2O4.2ClH/c19-15(20)5-11-17-7-1-13(2-8-17)14-3-9-18(10-4-14)12-6-16(21)22;;/h1-4,7-10H,5-6,11-12H2;2*1H. The summed E-state index contributed by atoms with van der Waals surface area (Å²) >= 11 is 0. The van der Waals surface area contributed by atoms with Crippen molar-refractivity contribution in [2.24, 2.45) is 0 Å². The van der Waals surface area contributed by atoms with E-state index in [1.54, 1.807) is 0 Å². The number of carboxylic acid groups (broad SMARTS) is 2. The summed E-state index contributed by atoms with van der Waals surface area (Å²) in [5, 5.41) is 17.3. The Morgan fingerprint density at radius 1 is 0.708 bits per heavy atom. The molecular formula is C16H18Cl2N2O4. The van der Waals surface area contributed by atoms with Crippen molar-refractivity contribution >= 4 is 11.9 Å². The van der Waals surface area contributed by atoms with Crippen LogP contribution in [0.1, 0.15) is 12.8 Å². The van der Waals surface area contributed by atoms with Gasteiger partial charge >= 0.3 is 11.9 Å². The summed E-state index contributed by atoms with van der Waals surface area (Å²) in [4.78, 5) is 21.1. The second-order valence-electron chi connectivity index (χ2n) is 4.94. The van der Waals surface area contributed by atoms with Gasteiger partial charge in [0.05, 0.1) is 0 Å². The number of aryl methyl sites for hydroxylation is 2. The van der Waals surface area contributed by atoms with Crippen LogP contribution in [-0.4, -0.2) is 22.2 Å². The number of hydrogen-bond acceptors (Lipinski definition) is 2. The number of pyridine rings is 2. The third-order valence-corrected chi connectivity index (χ3v) is 3.28. The molecular weight excluding hydrogens is 355 g/mol. The molecule has 0 aliphatic rings. The largest absolute Gasteiger partial charge is 1.00 e. The lowest BCUT2D eigenvalue weighted by atomic mass is 10.1. The normalized spacial score (nSPS) is 9.50. The number of halogens is 2. The van der Waals surface area contributed by atoms with E-state index < -0.39 is 11.9 Å². The van der Waals surface area contributed by atoms with E-state index in [4.69, 9.17) is 10.2 Å². The van der Waals surface area contributed by atoms with E-state index in [0.29, 0.717) is 13.1 Å². The summed E-state index contributed by atoms with van der Waals surface area (Å²) in [6, 6.07) is 7.72. The molecule has 2 heterocycles. The van der Waals surface area contributed by atoms with Gasteiger partial charge in [-0.3, -0.25) is 9.59 Å². The Morgan fingerprint density at radius 2 is 1.00 bits per heavy atom. The van der Waals surface area contributed by atoms with Crippen molar-refractivity contribution in [3.8, 4) is 11.1 Å². The van der Waals surface area contributed by atoms with Gasteiger partial charge in [0.15, 0.2) is 37.9 Å². The maximum absolute atomic E-state index is 10.5. The third kappa shape index (κ3) is 6.93. The van der Waals surface area contributed by atoms with Gasteiger partial charge in [-0.2, -0.15) is 0 Å². The van der Waals surface area contributed by atoms with Gasteiger partial charge in [0.2, 0.25) is 0 Å². The van der Waals surface area contributed by atoms with Crippen LogP contribution in [-0.2, 0) is 22.7 Å². The van der Waals surface area contributed by atoms with Gasteiger partial charge in [0, 0.05) is 24.3 Å². The van der Waals surface area contributed by atoms with E-state index in [0.717, 1.165) is 11.1 Å². The SMILES string of the molecule is O=C(O)CC[n+]1ccc(-c2cc[n+](CCC(=O)O)cc2)cc1.[Cl-].[Cl-]. The highest BCUT2D eigenvalue weighted by atomic mass is 35.5. The first-order valence-electron chi connectivity index (χ1n) is 6.97. The van der Waals surface area contributed by atoms with Crippen LogP contribution in [0.2, 0.25) is 0 Å². The molecule has 2 aromatic heterocycles. The number of carboxylic acids is 2. The van der Waals surface area contributed by atoms with Gasteiger partial charge in [-0.25, -0.2) is 9.13 Å². The van der Waals surface area contributed by atoms with E-state index in [2.05, 4.69) is 0 Å². The molecule has 0 saturated carbocycles. The molecule has 0 aliphatic heterocycles. The number of aliphatic carboxylic acids is 2. The molecule has 0 radical (unpaired) electrons. The highest BCUT2D eigenvalue weighted by Gasteiger charge is 2.08. The maximum atomic E-state index is 10.5. The Kier molecular flexibility index (Phi) is 9.61. The minimum Gasteiger partial charge on any atom is -1.00 e. The minimum absolute atomic E-state index is 0. The van der Waals surface area contributed by atoms with Crippen molar-refractivity contribution in [3.05, 3.63) is 49.1 Å². The smallest absolute Gasteiger partial charge is 0.309 e. The van der Waals surface area contributed by atoms with Crippen LogP contribution in [0.15, 0.2) is 49.1 Å². The maximum Gasteiger partial charge on any atom is 0.309 e. The third-order valence-electron chi connectivity index (χ3n) is 3.28. The topological polar surface area (TPSA) is 82.4 Å². The summed E-state index contributed by atoms with van der Waals surface area (Å²) in [5.41, 5.74) is 2.05. The van der Waals surface area contributed by atoms with E-state index >= 15 is 0 Å². The zero-order valence-corrected chi connectivity index (χ0v) is 14.3. The van der Waals surface area contributed by atoms with Crippen LogP contribution in [0.4, 0.5) is 0 Å². The Hall–Kier alpha value is -2.18. The van der Waals surface area contributed by atoms with Crippen LogP contribution in [0, 0.1) is 0 Å². The van der Waals surface area contributed by atoms with Gasteiger partial charge in [-0.1, -0.05) is 0 Å². The van der Waals surface area contributed by atoms with Crippen molar-refractivity contribution in [3.63, 3.8) is 0 Å². The van der Waals surface area contributed by atoms with E-state index in [-0.39, 0.29) is 37.7 Å². The number of hydrogen-bond donors (Lipinski definition) is 2. The molecule has 130 valence electrons. The number of nitrogens with zero attached hydrogens (tertiary/aromatic N) is 2. The van der Waals surface area contributed by atoms with Crippen LogP contribution in [0.3, 0.4) is 0 Å². The summed E-state index contributed by atoms with van der Waals surface area (Å²) < 4.78 is 3.65. The van der Waals surface area contributed by atoms with E-state index in [1.807, 2.05) is 58.2 Å². The molecule has 2 rings (SSSR count). The summed E-state index contributed by atoms with van der Waals surface area (Å²) in [5.74, 6) is -1.63. The van der Waals surface area contributed by atoms with Crippen molar-refractivity contribution in [1.82, 2.24) is 0 Å². The lowest BCUT2D eigenvalue weighted by Gasteiger charge is -2.01. The fraction of sp³-hybridized carbons (Fsp3) is 0.250. The molecule has 0 bridgehead atoms. The average Bonchev–Trinajstić information content (AvgIpc) is 2.52. The lowest BCUT2D eigenvalue weighted by Crippen LogP contribution is -3.00. The zero-order valence-electron chi connectivity index (χ0n) is 12.8. The first-order valence-corrected chi connectivity index (χ1v) is 6.97. The van der Waals surface area contributed by atoms with E-state index in [1.165, 1.54) is 0 Å². The monoisotopic (exact) mass is 372 g/mol. The number of aromatic nitrogens is 2. The Balaban J connectivity index is 0.00000264. The molecule has 0 fully saturated rings. The first-order chi connectivity index (χ1) is 10.5. The summed E-state index contributed by atoms with van der Waals surface area (Å²) in [6.07, 6.45) is 7.60. The van der Waals surface area contributed by atoms with Gasteiger partial charge in [0.25, 0.3) is 0 Å². The molecule has 0 aliphatic carbocycles. The molecule has 24 heavy (non-hydrogen) atoms. The van der Waals surface area contributed by atoms with Crippen LogP contribution < -0.4 is 33.9 Å². The summed E-state index contributed by atoms with van der Waals surface area (Å²) in [7, 11) is 0. The minimum atomic E-state index is -0.814. The summed E-state index contributed by atoms with van der Waals surface area (Å²) in [6.45, 7) is 0.888. The van der Waals surface area contributed by atoms with Gasteiger partial charge < -0.3 is 35.0 Å². The molecule has 6 nitrogen and oxygen atoms in total. The Bertz CT molecular complexity index is 601. The average molecular weight is 373 g/mol. The molecule has 0 amide bonds. The van der Waals surface area contributed by atoms with Crippen molar-refractivity contribution in [2.75, 3.05) is 0 Å². The zero-order chi connectivity index (χ0) is 15.9. The quantitative estimate of drug-likeness (QED) is 0.476. The van der Waals surface area contributed by atoms with Crippen LogP contribution >= 0.6 is 0 Å². The molecule has 0 saturated heterocycles. The molecule has 2 aromatic rings. The highest BCUT2D eigenvalue weighted by Crippen LogP contribution is 2.15. The van der Waals surface area contributed by atoms with Gasteiger partial charge in [0.1, 0.15) is 12.8 Å². The lowest BCUT2D eigenvalue weighted by molar-refractivity contribution is -0.696. The molecule has 8 heteroatoms. The fourth-order valence-electron chi connectivity index (χ4n) is 2.05. The number of carbonyl (C=O) groups is 2. The Labute approximate surface area is 152 Å². The van der Waals surface area contributed by atoms with Crippen molar-refractivity contribution in [1.29, 1.82) is 0 Å².